The number of halogens is 3. The number of hydrogen-bond donors (Lipinski definition) is 1. The monoisotopic (exact) mass is 408 g/mol. The Morgan fingerprint density at radius 2 is 1.93 bits per heavy atom. The predicted molar refractivity (Wildman–Crippen MR) is 96.7 cm³/mol. The molecule has 0 spiro atoms. The molecular weight excluding hydrogens is 389 g/mol. The van der Waals surface area contributed by atoms with Crippen LogP contribution in [-0.2, 0) is 17.8 Å². The normalized spacial score (nSPS) is 21.5. The summed E-state index contributed by atoms with van der Waals surface area (Å²) in [4.78, 5) is 28.0. The highest BCUT2D eigenvalue weighted by Gasteiger charge is 2.38. The Hall–Kier alpha value is -3.04. The fourth-order valence-electron chi connectivity index (χ4n) is 3.70. The third-order valence-electron chi connectivity index (χ3n) is 5.41. The standard InChI is InChI=1S/C19H19F3N4O3/c1-9-3-4-25(17(9)27)18-12-8-26(10(2)5-15(12)24-29-18)19(28)23-11-6-13(20)16(22)14(21)7-11/h6-7,9-10H,3-5,8H2,1-2H3,(H,23,28)/t9?,10-/m0/s1. The third kappa shape index (κ3) is 3.32. The minimum Gasteiger partial charge on any atom is -0.338 e. The number of anilines is 2. The van der Waals surface area contributed by atoms with Crippen molar-refractivity contribution in [2.45, 2.75) is 39.3 Å². The summed E-state index contributed by atoms with van der Waals surface area (Å²) in [6, 6.07) is 0.544. The Morgan fingerprint density at radius 3 is 2.55 bits per heavy atom. The number of carbonyl (C=O) groups excluding carboxylic acids is 2. The lowest BCUT2D eigenvalue weighted by atomic mass is 10.0. The van der Waals surface area contributed by atoms with E-state index >= 15 is 0 Å². The van der Waals surface area contributed by atoms with Crippen LogP contribution in [0.1, 0.15) is 31.5 Å². The lowest BCUT2D eigenvalue weighted by Gasteiger charge is -2.33. The highest BCUT2D eigenvalue weighted by molar-refractivity contribution is 5.96. The Morgan fingerprint density at radius 1 is 1.24 bits per heavy atom. The summed E-state index contributed by atoms with van der Waals surface area (Å²) in [6.07, 6.45) is 1.10. The molecule has 0 radical (unpaired) electrons. The van der Waals surface area contributed by atoms with Crippen LogP contribution in [0.3, 0.4) is 0 Å². The zero-order chi connectivity index (χ0) is 20.9. The number of nitrogens with zero attached hydrogens (tertiary/aromatic N) is 3. The topological polar surface area (TPSA) is 78.7 Å². The zero-order valence-electron chi connectivity index (χ0n) is 15.8. The molecular formula is C19H19F3N4O3. The third-order valence-corrected chi connectivity index (χ3v) is 5.41. The minimum absolute atomic E-state index is 0.0594. The van der Waals surface area contributed by atoms with E-state index in [1.54, 1.807) is 6.92 Å². The molecule has 1 fully saturated rings. The van der Waals surface area contributed by atoms with Crippen LogP contribution in [0.2, 0.25) is 0 Å². The van der Waals surface area contributed by atoms with Gasteiger partial charge in [0.1, 0.15) is 0 Å². The van der Waals surface area contributed by atoms with Gasteiger partial charge in [0.25, 0.3) is 0 Å². The summed E-state index contributed by atoms with van der Waals surface area (Å²) in [5.74, 6) is -4.22. The Balaban J connectivity index is 1.56. The number of carbonyl (C=O) groups is 2. The summed E-state index contributed by atoms with van der Waals surface area (Å²) in [7, 11) is 0. The molecule has 1 aromatic heterocycles. The van der Waals surface area contributed by atoms with Crippen molar-refractivity contribution in [3.05, 3.63) is 40.8 Å². The van der Waals surface area contributed by atoms with Crippen molar-refractivity contribution in [2.75, 3.05) is 16.8 Å². The van der Waals surface area contributed by atoms with E-state index in [-0.39, 0.29) is 30.1 Å². The van der Waals surface area contributed by atoms with E-state index in [9.17, 15) is 22.8 Å². The Bertz CT molecular complexity index is 970. The van der Waals surface area contributed by atoms with E-state index in [0.717, 1.165) is 0 Å². The molecule has 1 unspecified atom stereocenters. The van der Waals surface area contributed by atoms with Crippen molar-refractivity contribution in [2.24, 2.45) is 5.92 Å². The number of nitrogens with one attached hydrogen (secondary N) is 1. The summed E-state index contributed by atoms with van der Waals surface area (Å²) in [5.41, 5.74) is 1.11. The van der Waals surface area contributed by atoms with Crippen LogP contribution in [0.5, 0.6) is 0 Å². The van der Waals surface area contributed by atoms with Gasteiger partial charge < -0.3 is 14.7 Å². The van der Waals surface area contributed by atoms with Crippen LogP contribution in [0, 0.1) is 23.4 Å². The molecule has 10 heteroatoms. The first-order chi connectivity index (χ1) is 13.8. The maximum Gasteiger partial charge on any atom is 0.322 e. The van der Waals surface area contributed by atoms with Crippen LogP contribution in [0.4, 0.5) is 29.5 Å². The summed E-state index contributed by atoms with van der Waals surface area (Å²) in [6.45, 7) is 4.27. The van der Waals surface area contributed by atoms with Crippen molar-refractivity contribution in [3.8, 4) is 0 Å². The molecule has 3 heterocycles. The van der Waals surface area contributed by atoms with Gasteiger partial charge in [0.05, 0.1) is 17.8 Å². The number of aromatic nitrogens is 1. The molecule has 1 saturated heterocycles. The number of urea groups is 1. The SMILES string of the molecule is CC1CCN(c2onc3c2CN(C(=O)Nc2cc(F)c(F)c(F)c2)[C@@H](C)C3)C1=O. The van der Waals surface area contributed by atoms with E-state index in [1.807, 2.05) is 6.92 Å². The number of benzene rings is 1. The number of amides is 3. The van der Waals surface area contributed by atoms with Gasteiger partial charge >= 0.3 is 6.03 Å². The first-order valence-electron chi connectivity index (χ1n) is 9.27. The van der Waals surface area contributed by atoms with Gasteiger partial charge in [0, 0.05) is 42.7 Å². The smallest absolute Gasteiger partial charge is 0.322 e. The van der Waals surface area contributed by atoms with Gasteiger partial charge in [-0.1, -0.05) is 12.1 Å². The van der Waals surface area contributed by atoms with E-state index in [4.69, 9.17) is 4.52 Å². The van der Waals surface area contributed by atoms with E-state index in [1.165, 1.54) is 9.80 Å². The molecule has 29 heavy (non-hydrogen) atoms. The van der Waals surface area contributed by atoms with Crippen LogP contribution in [0.25, 0.3) is 0 Å². The number of fused-ring (bicyclic) bond motifs is 1. The van der Waals surface area contributed by atoms with Gasteiger partial charge in [-0.25, -0.2) is 18.0 Å². The second-order valence-electron chi connectivity index (χ2n) is 7.46. The van der Waals surface area contributed by atoms with Crippen molar-refractivity contribution in [1.29, 1.82) is 0 Å². The Kier molecular flexibility index (Phi) is 4.71. The molecule has 1 N–H and O–H groups in total. The first-order valence-corrected chi connectivity index (χ1v) is 9.27. The molecule has 4 rings (SSSR count). The zero-order valence-corrected chi connectivity index (χ0v) is 15.8. The molecule has 0 saturated carbocycles. The maximum atomic E-state index is 13.4. The second kappa shape index (κ2) is 7.09. The van der Waals surface area contributed by atoms with Crippen molar-refractivity contribution >= 4 is 23.5 Å². The van der Waals surface area contributed by atoms with Crippen LogP contribution in [-0.4, -0.2) is 34.6 Å². The molecule has 0 bridgehead atoms. The quantitative estimate of drug-likeness (QED) is 0.773. The molecule has 3 amide bonds. The number of rotatable bonds is 2. The Labute approximate surface area is 164 Å². The molecule has 2 atom stereocenters. The fourth-order valence-corrected chi connectivity index (χ4v) is 3.70. The summed E-state index contributed by atoms with van der Waals surface area (Å²) < 4.78 is 45.4. The van der Waals surface area contributed by atoms with Crippen molar-refractivity contribution < 1.29 is 27.3 Å². The fraction of sp³-hybridized carbons (Fsp3) is 0.421. The lowest BCUT2D eigenvalue weighted by molar-refractivity contribution is -0.120. The van der Waals surface area contributed by atoms with Gasteiger partial charge in [-0.3, -0.25) is 9.69 Å². The summed E-state index contributed by atoms with van der Waals surface area (Å²) in [5, 5.41) is 6.44. The van der Waals surface area contributed by atoms with E-state index in [2.05, 4.69) is 10.5 Å². The van der Waals surface area contributed by atoms with E-state index < -0.39 is 23.5 Å². The predicted octanol–water partition coefficient (Wildman–Crippen LogP) is 3.44. The molecule has 2 aromatic rings. The summed E-state index contributed by atoms with van der Waals surface area (Å²) >= 11 is 0. The molecule has 7 nitrogen and oxygen atoms in total. The van der Waals surface area contributed by atoms with E-state index in [0.29, 0.717) is 48.7 Å². The molecule has 1 aromatic carbocycles. The molecule has 154 valence electrons. The minimum atomic E-state index is -1.60. The first kappa shape index (κ1) is 19.3. The van der Waals surface area contributed by atoms with Crippen LogP contribution >= 0.6 is 0 Å². The number of hydrogen-bond acceptors (Lipinski definition) is 4. The van der Waals surface area contributed by atoms with Gasteiger partial charge in [-0.05, 0) is 13.3 Å². The highest BCUT2D eigenvalue weighted by Crippen LogP contribution is 2.35. The second-order valence-corrected chi connectivity index (χ2v) is 7.46. The molecule has 2 aliphatic rings. The van der Waals surface area contributed by atoms with Crippen LogP contribution in [0.15, 0.2) is 16.7 Å². The average molecular weight is 408 g/mol. The maximum absolute atomic E-state index is 13.4. The van der Waals surface area contributed by atoms with Crippen LogP contribution < -0.4 is 10.2 Å². The largest absolute Gasteiger partial charge is 0.338 e. The molecule has 2 aliphatic heterocycles. The van der Waals surface area contributed by atoms with Gasteiger partial charge in [0.2, 0.25) is 11.8 Å². The average Bonchev–Trinajstić information content (AvgIpc) is 3.21. The van der Waals surface area contributed by atoms with Gasteiger partial charge in [0.15, 0.2) is 17.5 Å². The lowest BCUT2D eigenvalue weighted by Crippen LogP contribution is -2.45. The van der Waals surface area contributed by atoms with Crippen molar-refractivity contribution in [3.63, 3.8) is 0 Å². The van der Waals surface area contributed by atoms with Crippen molar-refractivity contribution in [1.82, 2.24) is 10.1 Å². The highest BCUT2D eigenvalue weighted by atomic mass is 19.2. The van der Waals surface area contributed by atoms with Gasteiger partial charge in [-0.15, -0.1) is 0 Å². The molecule has 0 aliphatic carbocycles. The van der Waals surface area contributed by atoms with Gasteiger partial charge in [-0.2, -0.15) is 0 Å².